The Balaban J connectivity index is -0.000000459. The van der Waals surface area contributed by atoms with E-state index in [1.165, 1.54) is 231 Å². The van der Waals surface area contributed by atoms with E-state index in [9.17, 15) is 19.8 Å². The minimum atomic E-state index is -0.903. The summed E-state index contributed by atoms with van der Waals surface area (Å²) in [4.78, 5) is 20.5. The molecule has 0 saturated carbocycles. The first kappa shape index (κ1) is 59.4. The van der Waals surface area contributed by atoms with E-state index in [1.807, 2.05) is 0 Å². The number of unbranched alkanes of at least 4 members (excludes halogenated alkanes) is 38. The average Bonchev–Trinajstić information content (AvgIpc) is 3.10. The maximum Gasteiger partial charge on any atom is 3.00 e. The molecular formula is C46H90AlCaO4+3. The van der Waals surface area contributed by atoms with Gasteiger partial charge in [0.15, 0.2) is 0 Å². The van der Waals surface area contributed by atoms with Crippen LogP contribution in [0.3, 0.4) is 0 Å². The molecule has 0 aliphatic heterocycles. The number of carboxylic acid groups (broad SMARTS) is 2. The molecule has 0 unspecified atom stereocenters. The van der Waals surface area contributed by atoms with E-state index < -0.39 is 11.9 Å². The second-order valence-corrected chi connectivity index (χ2v) is 15.7. The third-order valence-electron chi connectivity index (χ3n) is 10.5. The predicted molar refractivity (Wildman–Crippen MR) is 227 cm³/mol. The summed E-state index contributed by atoms with van der Waals surface area (Å²) in [5.41, 5.74) is 0. The average molecular weight is 774 g/mol. The maximum atomic E-state index is 10.3. The number of rotatable bonds is 42. The first-order valence-corrected chi connectivity index (χ1v) is 22.9. The van der Waals surface area contributed by atoms with E-state index >= 15 is 0 Å². The Bertz CT molecular complexity index is 648. The summed E-state index contributed by atoms with van der Waals surface area (Å²) in [5.74, 6) is -1.80. The zero-order valence-electron chi connectivity index (χ0n) is 35.6. The summed E-state index contributed by atoms with van der Waals surface area (Å²) in [6, 6.07) is 0. The molecule has 52 heavy (non-hydrogen) atoms. The van der Waals surface area contributed by atoms with E-state index in [2.05, 4.69) is 13.8 Å². The molecular weight excluding hydrogens is 684 g/mol. The first-order valence-electron chi connectivity index (χ1n) is 22.9. The fraction of sp³-hybridized carbons (Fsp3) is 0.957. The second kappa shape index (κ2) is 56.1. The molecule has 0 aromatic rings. The minimum absolute atomic E-state index is 0. The van der Waals surface area contributed by atoms with Crippen LogP contribution in [0, 0.1) is 0 Å². The van der Waals surface area contributed by atoms with Crippen molar-refractivity contribution in [2.45, 2.75) is 284 Å². The van der Waals surface area contributed by atoms with E-state index in [0.717, 1.165) is 25.7 Å². The van der Waals surface area contributed by atoms with Crippen LogP contribution in [0.2, 0.25) is 0 Å². The van der Waals surface area contributed by atoms with Crippen LogP contribution in [0.5, 0.6) is 0 Å². The molecule has 0 aromatic carbocycles. The molecule has 300 valence electrons. The van der Waals surface area contributed by atoms with E-state index in [0.29, 0.717) is 0 Å². The molecule has 0 atom stereocenters. The van der Waals surface area contributed by atoms with Crippen molar-refractivity contribution in [3.8, 4) is 0 Å². The number of aliphatic carboxylic acids is 2. The zero-order chi connectivity index (χ0) is 36.9. The normalized spacial score (nSPS) is 10.7. The molecule has 0 aliphatic carbocycles. The summed E-state index contributed by atoms with van der Waals surface area (Å²) in [7, 11) is 0. The quantitative estimate of drug-likeness (QED) is 0.0457. The maximum absolute atomic E-state index is 10.3. The minimum Gasteiger partial charge on any atom is -0.550 e. The van der Waals surface area contributed by atoms with Crippen LogP contribution >= 0.6 is 0 Å². The van der Waals surface area contributed by atoms with Crippen molar-refractivity contribution in [2.24, 2.45) is 0 Å². The van der Waals surface area contributed by atoms with Crippen molar-refractivity contribution in [2.75, 3.05) is 0 Å². The Morgan fingerprint density at radius 1 is 0.269 bits per heavy atom. The van der Waals surface area contributed by atoms with Gasteiger partial charge in [-0.05, 0) is 25.7 Å². The second-order valence-electron chi connectivity index (χ2n) is 15.7. The molecule has 4 nitrogen and oxygen atoms in total. The number of carboxylic acids is 2. The van der Waals surface area contributed by atoms with Gasteiger partial charge in [0.25, 0.3) is 0 Å². The monoisotopic (exact) mass is 774 g/mol. The van der Waals surface area contributed by atoms with Crippen molar-refractivity contribution in [3.05, 3.63) is 0 Å². The van der Waals surface area contributed by atoms with Crippen molar-refractivity contribution < 1.29 is 19.8 Å². The van der Waals surface area contributed by atoms with Gasteiger partial charge >= 0.3 is 55.1 Å². The van der Waals surface area contributed by atoms with Crippen LogP contribution in [0.1, 0.15) is 284 Å². The summed E-state index contributed by atoms with van der Waals surface area (Å²) in [6.45, 7) is 4.56. The Hall–Kier alpha value is 0.732. The van der Waals surface area contributed by atoms with Crippen molar-refractivity contribution in [3.63, 3.8) is 0 Å². The van der Waals surface area contributed by atoms with Gasteiger partial charge in [-0.2, -0.15) is 0 Å². The van der Waals surface area contributed by atoms with Crippen molar-refractivity contribution in [1.29, 1.82) is 0 Å². The smallest absolute Gasteiger partial charge is 0.550 e. The summed E-state index contributed by atoms with van der Waals surface area (Å²) in [5, 5.41) is 20.5. The fourth-order valence-corrected chi connectivity index (χ4v) is 7.05. The van der Waals surface area contributed by atoms with Gasteiger partial charge in [-0.15, -0.1) is 0 Å². The van der Waals surface area contributed by atoms with Gasteiger partial charge in [0.2, 0.25) is 0 Å². The Labute approximate surface area is 367 Å². The largest absolute Gasteiger partial charge is 3.00 e. The number of carbonyl (C=O) groups is 2. The molecule has 0 amide bonds. The summed E-state index contributed by atoms with van der Waals surface area (Å²) in [6.07, 6.45) is 54.5. The predicted octanol–water partition coefficient (Wildman–Crippen LogP) is 13.1. The van der Waals surface area contributed by atoms with Gasteiger partial charge in [0.1, 0.15) is 0 Å². The van der Waals surface area contributed by atoms with Crippen LogP contribution < -0.4 is 10.2 Å². The van der Waals surface area contributed by atoms with Gasteiger partial charge in [-0.3, -0.25) is 0 Å². The van der Waals surface area contributed by atoms with Gasteiger partial charge in [0, 0.05) is 11.9 Å². The molecule has 0 saturated heterocycles. The van der Waals surface area contributed by atoms with Gasteiger partial charge in [0.05, 0.1) is 0 Å². The van der Waals surface area contributed by atoms with E-state index in [-0.39, 0.29) is 67.9 Å². The molecule has 0 fully saturated rings. The van der Waals surface area contributed by atoms with Crippen molar-refractivity contribution in [1.82, 2.24) is 0 Å². The van der Waals surface area contributed by atoms with Gasteiger partial charge in [-0.25, -0.2) is 0 Å². The molecule has 0 aliphatic rings. The summed E-state index contributed by atoms with van der Waals surface area (Å²) >= 11 is 0. The number of hydrogen-bond acceptors (Lipinski definition) is 4. The third-order valence-corrected chi connectivity index (χ3v) is 10.5. The molecule has 0 spiro atoms. The van der Waals surface area contributed by atoms with Crippen LogP contribution in [0.15, 0.2) is 0 Å². The van der Waals surface area contributed by atoms with E-state index in [4.69, 9.17) is 0 Å². The van der Waals surface area contributed by atoms with Crippen LogP contribution in [-0.4, -0.2) is 67.0 Å². The molecule has 0 radical (unpaired) electrons. The topological polar surface area (TPSA) is 80.3 Å². The summed E-state index contributed by atoms with van der Waals surface area (Å²) < 4.78 is 0. The Morgan fingerprint density at radius 3 is 0.500 bits per heavy atom. The van der Waals surface area contributed by atoms with Gasteiger partial charge in [-0.1, -0.05) is 258 Å². The first-order chi connectivity index (χ1) is 24.5. The van der Waals surface area contributed by atoms with Crippen molar-refractivity contribution >= 4 is 67.0 Å². The Morgan fingerprint density at radius 2 is 0.385 bits per heavy atom. The van der Waals surface area contributed by atoms with Crippen LogP contribution in [0.4, 0.5) is 0 Å². The SMILES string of the molecule is CCCCCCCCCCCCCCCCCC(=O)[O-].CCCCCCCCCCCCCCCCCCCCCCCCCCCC(=O)[O-].[Al+3].[Ca+2]. The molecule has 0 rings (SSSR count). The molecule has 0 N–H and O–H groups in total. The fourth-order valence-electron chi connectivity index (χ4n) is 7.05. The van der Waals surface area contributed by atoms with Crippen LogP contribution in [0.25, 0.3) is 0 Å². The molecule has 0 bridgehead atoms. The van der Waals surface area contributed by atoms with Gasteiger partial charge < -0.3 is 19.8 Å². The molecule has 0 aromatic heterocycles. The van der Waals surface area contributed by atoms with Crippen LogP contribution in [-0.2, 0) is 9.59 Å². The standard InChI is InChI=1S/C28H56O2.C18H36O2.Al.Ca/c1-2-3-4-5-6-7-8-9-10-11-12-13-14-15-16-17-18-19-20-21-22-23-24-25-26-27-28(29)30;1-2-3-4-5-6-7-8-9-10-11-12-13-14-15-16-17-18(19)20;;/h2-27H2,1H3,(H,29,30);2-17H2,1H3,(H,19,20);;/q;;+3;+2/p-2. The van der Waals surface area contributed by atoms with E-state index in [1.54, 1.807) is 0 Å². The zero-order valence-corrected chi connectivity index (χ0v) is 39.0. The Kier molecular flexibility index (Phi) is 64.1. The number of hydrogen-bond donors (Lipinski definition) is 0. The molecule has 0 heterocycles. The third kappa shape index (κ3) is 62.7. The molecule has 6 heteroatoms. The number of carbonyl (C=O) groups excluding carboxylic acids is 2.